The zero-order valence-electron chi connectivity index (χ0n) is 11.2. The Morgan fingerprint density at radius 3 is 2.86 bits per heavy atom. The molecule has 0 saturated carbocycles. The Balaban J connectivity index is 2.19. The van der Waals surface area contributed by atoms with E-state index in [2.05, 4.69) is 10.3 Å². The van der Waals surface area contributed by atoms with E-state index in [0.717, 1.165) is 29.3 Å². The highest BCUT2D eigenvalue weighted by Gasteiger charge is 2.20. The first-order chi connectivity index (χ1) is 9.99. The van der Waals surface area contributed by atoms with Crippen molar-refractivity contribution >= 4 is 11.6 Å². The van der Waals surface area contributed by atoms with Gasteiger partial charge in [0.15, 0.2) is 0 Å². The highest BCUT2D eigenvalue weighted by molar-refractivity contribution is 5.98. The molecule has 0 aliphatic heterocycles. The van der Waals surface area contributed by atoms with Gasteiger partial charge in [0.05, 0.1) is 4.92 Å². The van der Waals surface area contributed by atoms with Crippen molar-refractivity contribution in [2.45, 2.75) is 13.5 Å². The van der Waals surface area contributed by atoms with Crippen LogP contribution >= 0.6 is 0 Å². The van der Waals surface area contributed by atoms with Crippen molar-refractivity contribution in [1.29, 1.82) is 0 Å². The van der Waals surface area contributed by atoms with Crippen LogP contribution in [0, 0.1) is 22.9 Å². The zero-order chi connectivity index (χ0) is 15.4. The van der Waals surface area contributed by atoms with Gasteiger partial charge in [-0.1, -0.05) is 0 Å². The summed E-state index contributed by atoms with van der Waals surface area (Å²) in [6.07, 6.45) is 3.23. The molecule has 0 saturated heterocycles. The van der Waals surface area contributed by atoms with E-state index in [9.17, 15) is 19.3 Å². The van der Waals surface area contributed by atoms with Crippen molar-refractivity contribution in [1.82, 2.24) is 10.3 Å². The van der Waals surface area contributed by atoms with Crippen molar-refractivity contribution in [3.63, 3.8) is 0 Å². The van der Waals surface area contributed by atoms with Crippen LogP contribution in [0.5, 0.6) is 0 Å². The van der Waals surface area contributed by atoms with Gasteiger partial charge in [0.25, 0.3) is 11.6 Å². The van der Waals surface area contributed by atoms with Crippen LogP contribution < -0.4 is 5.32 Å². The van der Waals surface area contributed by atoms with Crippen molar-refractivity contribution in [2.75, 3.05) is 0 Å². The van der Waals surface area contributed by atoms with Crippen LogP contribution in [-0.4, -0.2) is 15.8 Å². The summed E-state index contributed by atoms with van der Waals surface area (Å²) in [6, 6.07) is 4.51. The lowest BCUT2D eigenvalue weighted by Gasteiger charge is -2.08. The van der Waals surface area contributed by atoms with Crippen molar-refractivity contribution in [3.8, 4) is 0 Å². The number of amides is 1. The normalized spacial score (nSPS) is 10.2. The van der Waals surface area contributed by atoms with Crippen molar-refractivity contribution < 1.29 is 14.1 Å². The molecular formula is C14H12FN3O3. The van der Waals surface area contributed by atoms with E-state index in [0.29, 0.717) is 0 Å². The number of rotatable bonds is 4. The molecule has 1 aromatic heterocycles. The number of nitro groups is 1. The van der Waals surface area contributed by atoms with Crippen LogP contribution in [0.2, 0.25) is 0 Å². The third-order valence-electron chi connectivity index (χ3n) is 2.98. The Bertz CT molecular complexity index is 704. The van der Waals surface area contributed by atoms with Gasteiger partial charge in [-0.3, -0.25) is 19.9 Å². The van der Waals surface area contributed by atoms with Crippen LogP contribution in [0.25, 0.3) is 0 Å². The molecule has 1 amide bonds. The molecule has 2 aromatic rings. The van der Waals surface area contributed by atoms with E-state index < -0.39 is 22.3 Å². The number of aromatic nitrogens is 1. The van der Waals surface area contributed by atoms with Gasteiger partial charge >= 0.3 is 0 Å². The molecule has 1 heterocycles. The summed E-state index contributed by atoms with van der Waals surface area (Å²) in [5, 5.41) is 13.4. The number of carbonyl (C=O) groups excluding carboxylic acids is 1. The summed E-state index contributed by atoms with van der Waals surface area (Å²) in [5.74, 6) is -1.40. The zero-order valence-corrected chi connectivity index (χ0v) is 11.2. The summed E-state index contributed by atoms with van der Waals surface area (Å²) in [6.45, 7) is 2.01. The summed E-state index contributed by atoms with van der Waals surface area (Å²) in [5.41, 5.74) is 0.982. The lowest BCUT2D eigenvalue weighted by Crippen LogP contribution is -2.24. The minimum Gasteiger partial charge on any atom is -0.348 e. The lowest BCUT2D eigenvalue weighted by molar-refractivity contribution is -0.385. The van der Waals surface area contributed by atoms with Gasteiger partial charge in [-0.05, 0) is 36.2 Å². The molecule has 0 unspecified atom stereocenters. The van der Waals surface area contributed by atoms with Gasteiger partial charge in [0.2, 0.25) is 0 Å². The number of pyridine rings is 1. The Morgan fingerprint density at radius 1 is 1.43 bits per heavy atom. The molecule has 21 heavy (non-hydrogen) atoms. The number of nitrogens with zero attached hydrogens (tertiary/aromatic N) is 2. The molecule has 1 aromatic carbocycles. The van der Waals surface area contributed by atoms with Crippen molar-refractivity contribution in [2.24, 2.45) is 0 Å². The van der Waals surface area contributed by atoms with Crippen LogP contribution in [0.3, 0.4) is 0 Å². The molecule has 2 rings (SSSR count). The fraction of sp³-hybridized carbons (Fsp3) is 0.143. The van der Waals surface area contributed by atoms with E-state index >= 15 is 0 Å². The van der Waals surface area contributed by atoms with Gasteiger partial charge < -0.3 is 5.32 Å². The summed E-state index contributed by atoms with van der Waals surface area (Å²) < 4.78 is 13.2. The highest BCUT2D eigenvalue weighted by Crippen LogP contribution is 2.19. The molecule has 1 N–H and O–H groups in total. The number of halogens is 1. The predicted octanol–water partition coefficient (Wildman–Crippen LogP) is 2.37. The van der Waals surface area contributed by atoms with E-state index in [1.54, 1.807) is 18.5 Å². The topological polar surface area (TPSA) is 85.1 Å². The van der Waals surface area contributed by atoms with E-state index in [1.807, 2.05) is 6.92 Å². The van der Waals surface area contributed by atoms with Crippen LogP contribution in [-0.2, 0) is 6.54 Å². The minimum atomic E-state index is -0.716. The molecule has 0 spiro atoms. The van der Waals surface area contributed by atoms with Crippen LogP contribution in [0.1, 0.15) is 21.5 Å². The average Bonchev–Trinajstić information content (AvgIpc) is 2.45. The second-order valence-corrected chi connectivity index (χ2v) is 4.40. The maximum Gasteiger partial charge on any atom is 0.282 e. The third kappa shape index (κ3) is 3.38. The van der Waals surface area contributed by atoms with Crippen molar-refractivity contribution in [3.05, 3.63) is 69.3 Å². The fourth-order valence-corrected chi connectivity index (χ4v) is 1.82. The molecular weight excluding hydrogens is 277 g/mol. The summed E-state index contributed by atoms with van der Waals surface area (Å²) in [7, 11) is 0. The molecule has 7 heteroatoms. The van der Waals surface area contributed by atoms with E-state index in [4.69, 9.17) is 0 Å². The molecule has 0 fully saturated rings. The average molecular weight is 289 g/mol. The van der Waals surface area contributed by atoms with Gasteiger partial charge in [-0.15, -0.1) is 0 Å². The van der Waals surface area contributed by atoms with Crippen LogP contribution in [0.15, 0.2) is 36.7 Å². The number of nitro benzene ring substituents is 1. The maximum atomic E-state index is 13.2. The second-order valence-electron chi connectivity index (χ2n) is 4.40. The first kappa shape index (κ1) is 14.6. The van der Waals surface area contributed by atoms with Gasteiger partial charge in [0, 0.05) is 25.0 Å². The second kappa shape index (κ2) is 6.08. The molecule has 0 atom stereocenters. The monoisotopic (exact) mass is 289 g/mol. The number of benzene rings is 1. The Morgan fingerprint density at radius 2 is 2.19 bits per heavy atom. The largest absolute Gasteiger partial charge is 0.348 e. The molecule has 0 bridgehead atoms. The Labute approximate surface area is 119 Å². The standard InChI is InChI=1S/C14H12FN3O3/c1-9-7-16-5-4-10(9)8-17-14(19)12-6-11(15)2-3-13(12)18(20)21/h2-7H,8H2,1H3,(H,17,19). The quantitative estimate of drug-likeness (QED) is 0.691. The Hall–Kier alpha value is -2.83. The summed E-state index contributed by atoms with van der Waals surface area (Å²) in [4.78, 5) is 26.1. The molecule has 0 aliphatic carbocycles. The first-order valence-electron chi connectivity index (χ1n) is 6.10. The third-order valence-corrected chi connectivity index (χ3v) is 2.98. The predicted molar refractivity (Wildman–Crippen MR) is 73.2 cm³/mol. The smallest absolute Gasteiger partial charge is 0.282 e. The Kier molecular flexibility index (Phi) is 4.22. The molecule has 0 radical (unpaired) electrons. The molecule has 108 valence electrons. The van der Waals surface area contributed by atoms with Gasteiger partial charge in [0.1, 0.15) is 11.4 Å². The number of carbonyl (C=O) groups is 1. The number of hydrogen-bond acceptors (Lipinski definition) is 4. The molecule has 6 nitrogen and oxygen atoms in total. The first-order valence-corrected chi connectivity index (χ1v) is 6.10. The maximum absolute atomic E-state index is 13.2. The SMILES string of the molecule is Cc1cnccc1CNC(=O)c1cc(F)ccc1[N+](=O)[O-]. The van der Waals surface area contributed by atoms with Gasteiger partial charge in [-0.2, -0.15) is 0 Å². The number of aryl methyl sites for hydroxylation is 1. The number of hydrogen-bond donors (Lipinski definition) is 1. The number of nitrogens with one attached hydrogen (secondary N) is 1. The minimum absolute atomic E-state index is 0.181. The lowest BCUT2D eigenvalue weighted by atomic mass is 10.1. The van der Waals surface area contributed by atoms with Gasteiger partial charge in [-0.25, -0.2) is 4.39 Å². The van der Waals surface area contributed by atoms with Crippen LogP contribution in [0.4, 0.5) is 10.1 Å². The van der Waals surface area contributed by atoms with E-state index in [-0.39, 0.29) is 12.1 Å². The van der Waals surface area contributed by atoms with E-state index in [1.165, 1.54) is 0 Å². The summed E-state index contributed by atoms with van der Waals surface area (Å²) >= 11 is 0. The fourth-order valence-electron chi connectivity index (χ4n) is 1.82. The molecule has 0 aliphatic rings. The highest BCUT2D eigenvalue weighted by atomic mass is 19.1.